The Labute approximate surface area is 84.9 Å². The molecule has 7 nitrogen and oxygen atoms in total. The molecule has 1 atom stereocenters. The van der Waals surface area contributed by atoms with Gasteiger partial charge in [0.15, 0.2) is 0 Å². The van der Waals surface area contributed by atoms with Crippen molar-refractivity contribution in [1.82, 2.24) is 0 Å². The largest absolute Gasteiger partial charge is 0.460 e. The molecule has 7 heteroatoms. The number of ether oxygens (including phenoxy) is 1. The first-order chi connectivity index (χ1) is 7.19. The van der Waals surface area contributed by atoms with Gasteiger partial charge in [0, 0.05) is 12.0 Å². The van der Waals surface area contributed by atoms with E-state index in [2.05, 4.69) is 9.89 Å². The van der Waals surface area contributed by atoms with E-state index in [4.69, 9.17) is 15.6 Å². The van der Waals surface area contributed by atoms with Crippen LogP contribution in [-0.2, 0) is 14.3 Å². The number of carbonyl (C=O) groups excluding carboxylic acids is 2. The molecule has 0 amide bonds. The Kier molecular flexibility index (Phi) is 6.22. The van der Waals surface area contributed by atoms with Gasteiger partial charge in [-0.1, -0.05) is 5.16 Å². The first kappa shape index (κ1) is 12.8. The van der Waals surface area contributed by atoms with Gasteiger partial charge >= 0.3 is 5.97 Å². The van der Waals surface area contributed by atoms with Crippen LogP contribution < -0.4 is 0 Å². The molecule has 80 valence electrons. The van der Waals surface area contributed by atoms with Crippen LogP contribution in [0.5, 0.6) is 0 Å². The molecule has 0 bridgehead atoms. The van der Waals surface area contributed by atoms with Gasteiger partial charge in [0.25, 0.3) is 5.71 Å². The zero-order valence-corrected chi connectivity index (χ0v) is 7.58. The smallest absolute Gasteiger partial charge is 0.371 e. The zero-order valence-electron chi connectivity index (χ0n) is 7.58. The number of hydrogen-bond acceptors (Lipinski definition) is 7. The van der Waals surface area contributed by atoms with Crippen molar-refractivity contribution >= 4 is 17.6 Å². The minimum absolute atomic E-state index is 0.300. The highest BCUT2D eigenvalue weighted by Gasteiger charge is 2.15. The third-order valence-electron chi connectivity index (χ3n) is 1.37. The molecule has 2 N–H and O–H groups in total. The average molecular weight is 212 g/mol. The number of hydrogen-bond donors (Lipinski definition) is 2. The topological polar surface area (TPSA) is 120 Å². The van der Waals surface area contributed by atoms with Gasteiger partial charge in [-0.3, -0.25) is 0 Å². The minimum atomic E-state index is -1.13. The molecule has 0 saturated heterocycles. The molecule has 0 aliphatic heterocycles. The predicted octanol–water partition coefficient (Wildman–Crippen LogP) is -1.12. The third kappa shape index (κ3) is 4.57. The quantitative estimate of drug-likeness (QED) is 0.196. The molecule has 0 fully saturated rings. The number of oxime groups is 1. The molecular formula is C8H8N2O5. The normalized spacial score (nSPS) is 12.1. The molecule has 0 radical (unpaired) electrons. The zero-order chi connectivity index (χ0) is 11.7. The standard InChI is InChI=1S/C8H8N2O5/c9-3-7(10-14)8(13)15-5-6(4-12)1-2-11/h1,6,12,14H,4-5H2/b10-7-. The van der Waals surface area contributed by atoms with Crippen molar-refractivity contribution in [2.24, 2.45) is 11.1 Å². The number of carbonyl (C=O) groups is 1. The van der Waals surface area contributed by atoms with Crippen LogP contribution in [0.25, 0.3) is 0 Å². The highest BCUT2D eigenvalue weighted by Crippen LogP contribution is 1.97. The molecule has 15 heavy (non-hydrogen) atoms. The van der Waals surface area contributed by atoms with Crippen LogP contribution in [0, 0.1) is 17.2 Å². The van der Waals surface area contributed by atoms with Crippen LogP contribution in [0.1, 0.15) is 0 Å². The van der Waals surface area contributed by atoms with Crippen molar-refractivity contribution in [3.05, 3.63) is 6.08 Å². The summed E-state index contributed by atoms with van der Waals surface area (Å²) in [5, 5.41) is 27.5. The van der Waals surface area contributed by atoms with Crippen molar-refractivity contribution < 1.29 is 24.6 Å². The van der Waals surface area contributed by atoms with E-state index in [9.17, 15) is 9.59 Å². The summed E-state index contributed by atoms with van der Waals surface area (Å²) in [6, 6.07) is 1.30. The van der Waals surface area contributed by atoms with Crippen molar-refractivity contribution in [2.45, 2.75) is 0 Å². The van der Waals surface area contributed by atoms with Gasteiger partial charge in [-0.2, -0.15) is 5.26 Å². The van der Waals surface area contributed by atoms with E-state index >= 15 is 0 Å². The summed E-state index contributed by atoms with van der Waals surface area (Å²) in [5.41, 5.74) is -0.804. The summed E-state index contributed by atoms with van der Waals surface area (Å²) < 4.78 is 4.47. The van der Waals surface area contributed by atoms with Crippen molar-refractivity contribution in [2.75, 3.05) is 13.2 Å². The maximum Gasteiger partial charge on any atom is 0.371 e. The van der Waals surface area contributed by atoms with Gasteiger partial charge in [-0.05, 0) is 0 Å². The Morgan fingerprint density at radius 1 is 1.67 bits per heavy atom. The Hall–Kier alpha value is -2.16. The van der Waals surface area contributed by atoms with Crippen molar-refractivity contribution in [3.63, 3.8) is 0 Å². The summed E-state index contributed by atoms with van der Waals surface area (Å²) in [7, 11) is 0. The molecule has 0 aliphatic rings. The van der Waals surface area contributed by atoms with Gasteiger partial charge in [-0.25, -0.2) is 9.59 Å². The molecule has 0 saturated carbocycles. The fourth-order valence-electron chi connectivity index (χ4n) is 0.610. The van der Waals surface area contributed by atoms with E-state index in [1.54, 1.807) is 0 Å². The van der Waals surface area contributed by atoms with Crippen molar-refractivity contribution in [1.29, 1.82) is 5.26 Å². The van der Waals surface area contributed by atoms with Gasteiger partial charge in [-0.15, -0.1) is 0 Å². The van der Waals surface area contributed by atoms with E-state index in [0.29, 0.717) is 0 Å². The molecule has 0 aromatic heterocycles. The number of esters is 1. The molecular weight excluding hydrogens is 204 g/mol. The summed E-state index contributed by atoms with van der Waals surface area (Å²) in [4.78, 5) is 20.8. The number of aliphatic hydroxyl groups is 1. The second kappa shape index (κ2) is 7.26. The van der Waals surface area contributed by atoms with E-state index in [1.165, 1.54) is 12.0 Å². The van der Waals surface area contributed by atoms with Crippen LogP contribution in [0.3, 0.4) is 0 Å². The lowest BCUT2D eigenvalue weighted by Crippen LogP contribution is -2.21. The van der Waals surface area contributed by atoms with Gasteiger partial charge in [0.2, 0.25) is 0 Å². The number of rotatable bonds is 5. The number of nitriles is 1. The first-order valence-electron chi connectivity index (χ1n) is 3.80. The van der Waals surface area contributed by atoms with E-state index < -0.39 is 24.2 Å². The van der Waals surface area contributed by atoms with Crippen LogP contribution in [0.15, 0.2) is 11.2 Å². The minimum Gasteiger partial charge on any atom is -0.460 e. The Morgan fingerprint density at radius 3 is 2.73 bits per heavy atom. The lowest BCUT2D eigenvalue weighted by molar-refractivity contribution is -0.136. The molecule has 0 rings (SSSR count). The van der Waals surface area contributed by atoms with Gasteiger partial charge in [0.1, 0.15) is 18.6 Å². The van der Waals surface area contributed by atoms with Crippen LogP contribution in [-0.4, -0.2) is 41.1 Å². The van der Waals surface area contributed by atoms with Gasteiger partial charge in [0.05, 0.1) is 6.61 Å². The first-order valence-corrected chi connectivity index (χ1v) is 3.80. The summed E-state index contributed by atoms with van der Waals surface area (Å²) in [6.07, 6.45) is 0.982. The Bertz CT molecular complexity index is 337. The Morgan fingerprint density at radius 2 is 2.33 bits per heavy atom. The lowest BCUT2D eigenvalue weighted by Gasteiger charge is -2.07. The molecule has 0 aliphatic carbocycles. The van der Waals surface area contributed by atoms with Crippen LogP contribution in [0.4, 0.5) is 0 Å². The van der Waals surface area contributed by atoms with Crippen LogP contribution in [0.2, 0.25) is 0 Å². The highest BCUT2D eigenvalue weighted by molar-refractivity contribution is 6.42. The Balaban J connectivity index is 4.22. The van der Waals surface area contributed by atoms with Crippen molar-refractivity contribution in [3.8, 4) is 6.07 Å². The van der Waals surface area contributed by atoms with E-state index in [1.807, 2.05) is 0 Å². The average Bonchev–Trinajstić information content (AvgIpc) is 2.25. The number of nitrogens with zero attached hydrogens (tertiary/aromatic N) is 2. The fraction of sp³-hybridized carbons (Fsp3) is 0.375. The summed E-state index contributed by atoms with van der Waals surface area (Å²) in [5.74, 6) is -0.388. The SMILES string of the molecule is N#C/C(=N/O)C(=O)OCC(C=C=O)CO. The molecule has 0 aromatic rings. The van der Waals surface area contributed by atoms with E-state index in [0.717, 1.165) is 6.08 Å². The molecule has 1 unspecified atom stereocenters. The highest BCUT2D eigenvalue weighted by atomic mass is 16.5. The van der Waals surface area contributed by atoms with Crippen LogP contribution >= 0.6 is 0 Å². The lowest BCUT2D eigenvalue weighted by atomic mass is 10.2. The third-order valence-corrected chi connectivity index (χ3v) is 1.37. The second-order valence-corrected chi connectivity index (χ2v) is 2.39. The fourth-order valence-corrected chi connectivity index (χ4v) is 0.610. The predicted molar refractivity (Wildman–Crippen MR) is 46.6 cm³/mol. The van der Waals surface area contributed by atoms with Gasteiger partial charge < -0.3 is 15.1 Å². The second-order valence-electron chi connectivity index (χ2n) is 2.39. The summed E-state index contributed by atoms with van der Waals surface area (Å²) in [6.45, 7) is -0.702. The monoisotopic (exact) mass is 212 g/mol. The maximum absolute atomic E-state index is 10.9. The molecule has 0 heterocycles. The molecule has 0 aromatic carbocycles. The summed E-state index contributed by atoms with van der Waals surface area (Å²) >= 11 is 0. The molecule has 0 spiro atoms. The maximum atomic E-state index is 10.9. The van der Waals surface area contributed by atoms with E-state index in [-0.39, 0.29) is 6.61 Å². The number of aliphatic hydroxyl groups excluding tert-OH is 1.